The summed E-state index contributed by atoms with van der Waals surface area (Å²) in [5.74, 6) is -0.952. The number of ether oxygens (including phenoxy) is 3. The highest BCUT2D eigenvalue weighted by Gasteiger charge is 2.19. The number of rotatable bonds is 48. The van der Waals surface area contributed by atoms with Crippen LogP contribution in [0.3, 0.4) is 0 Å². The number of carbonyl (C=O) groups excluding carboxylic acids is 3. The second-order valence-electron chi connectivity index (χ2n) is 17.8. The zero-order chi connectivity index (χ0) is 47.9. The molecule has 1 atom stereocenters. The number of esters is 3. The molecule has 0 saturated carbocycles. The molecule has 6 nitrogen and oxygen atoms in total. The van der Waals surface area contributed by atoms with Crippen LogP contribution in [-0.2, 0) is 28.6 Å². The van der Waals surface area contributed by atoms with Gasteiger partial charge in [0.05, 0.1) is 0 Å². The van der Waals surface area contributed by atoms with E-state index >= 15 is 0 Å². The summed E-state index contributed by atoms with van der Waals surface area (Å²) in [7, 11) is 0. The van der Waals surface area contributed by atoms with E-state index in [0.29, 0.717) is 19.3 Å². The molecule has 0 bridgehead atoms. The minimum Gasteiger partial charge on any atom is -0.462 e. The Hall–Kier alpha value is -3.67. The normalized spacial score (nSPS) is 12.8. The van der Waals surface area contributed by atoms with Gasteiger partial charge in [-0.05, 0) is 103 Å². The Bertz CT molecular complexity index is 1330. The van der Waals surface area contributed by atoms with Crippen molar-refractivity contribution in [3.8, 4) is 0 Å². The van der Waals surface area contributed by atoms with Crippen molar-refractivity contribution in [3.63, 3.8) is 0 Å². The average Bonchev–Trinajstić information content (AvgIpc) is 3.31. The van der Waals surface area contributed by atoms with Crippen LogP contribution in [-0.4, -0.2) is 37.2 Å². The molecule has 0 aromatic heterocycles. The molecule has 0 aromatic rings. The van der Waals surface area contributed by atoms with Crippen molar-refractivity contribution in [1.29, 1.82) is 0 Å². The Balaban J connectivity index is 4.48. The molecule has 0 radical (unpaired) electrons. The summed E-state index contributed by atoms with van der Waals surface area (Å²) >= 11 is 0. The third kappa shape index (κ3) is 51.3. The minimum atomic E-state index is -0.802. The van der Waals surface area contributed by atoms with Gasteiger partial charge in [-0.2, -0.15) is 0 Å². The van der Waals surface area contributed by atoms with E-state index < -0.39 is 6.10 Å². The summed E-state index contributed by atoms with van der Waals surface area (Å²) in [4.78, 5) is 38.0. The number of hydrogen-bond acceptors (Lipinski definition) is 6. The van der Waals surface area contributed by atoms with Crippen LogP contribution in [0, 0.1) is 0 Å². The van der Waals surface area contributed by atoms with Crippen molar-refractivity contribution in [2.45, 2.75) is 252 Å². The Morgan fingerprint density at radius 3 is 0.970 bits per heavy atom. The minimum absolute atomic E-state index is 0.0966. The van der Waals surface area contributed by atoms with E-state index in [0.717, 1.165) is 122 Å². The summed E-state index contributed by atoms with van der Waals surface area (Å²) in [5, 5.41) is 0. The van der Waals surface area contributed by atoms with Crippen LogP contribution in [0.5, 0.6) is 0 Å². The number of hydrogen-bond donors (Lipinski definition) is 0. The molecule has 0 amide bonds. The predicted octanol–water partition coefficient (Wildman–Crippen LogP) is 18.1. The first-order valence-corrected chi connectivity index (χ1v) is 27.2. The molecule has 0 aliphatic heterocycles. The largest absolute Gasteiger partial charge is 0.462 e. The van der Waals surface area contributed by atoms with Crippen LogP contribution in [0.2, 0.25) is 0 Å². The standard InChI is InChI=1S/C60H100O6/c1-4-7-10-13-16-19-22-25-27-29-30-32-33-35-38-41-44-47-50-53-59(62)65-56-57(55-64-58(61)52-49-46-43-40-37-24-21-18-15-12-9-6-3)66-60(63)54-51-48-45-42-39-36-34-31-28-26-23-20-17-14-11-8-5-2/h7,10,16-17,19-20,25-28,30,32,34-36,38,57H,4-6,8-9,11-15,18,21-24,29,31,33,37,39-56H2,1-3H3/b10-7-,19-16-,20-17-,27-25-,28-26-,32-30-,36-34-,38-35-/t57-/m1/s1. The Kier molecular flexibility index (Phi) is 50.9. The summed E-state index contributed by atoms with van der Waals surface area (Å²) in [5.41, 5.74) is 0. The smallest absolute Gasteiger partial charge is 0.306 e. The molecule has 0 fully saturated rings. The second-order valence-corrected chi connectivity index (χ2v) is 17.8. The fraction of sp³-hybridized carbons (Fsp3) is 0.683. The van der Waals surface area contributed by atoms with Gasteiger partial charge in [0.1, 0.15) is 13.2 Å². The van der Waals surface area contributed by atoms with Gasteiger partial charge in [-0.3, -0.25) is 14.4 Å². The van der Waals surface area contributed by atoms with E-state index in [1.807, 2.05) is 0 Å². The van der Waals surface area contributed by atoms with Gasteiger partial charge in [0.15, 0.2) is 6.10 Å². The Morgan fingerprint density at radius 1 is 0.318 bits per heavy atom. The molecule has 6 heteroatoms. The van der Waals surface area contributed by atoms with Gasteiger partial charge in [-0.1, -0.05) is 221 Å². The van der Waals surface area contributed by atoms with Gasteiger partial charge in [-0.15, -0.1) is 0 Å². The molecule has 0 aromatic carbocycles. The van der Waals surface area contributed by atoms with Gasteiger partial charge < -0.3 is 14.2 Å². The molecule has 66 heavy (non-hydrogen) atoms. The van der Waals surface area contributed by atoms with Crippen LogP contribution >= 0.6 is 0 Å². The lowest BCUT2D eigenvalue weighted by Crippen LogP contribution is -2.30. The molecular weight excluding hydrogens is 817 g/mol. The fourth-order valence-electron chi connectivity index (χ4n) is 7.24. The lowest BCUT2D eigenvalue weighted by molar-refractivity contribution is -0.167. The van der Waals surface area contributed by atoms with E-state index in [-0.39, 0.29) is 31.1 Å². The third-order valence-corrected chi connectivity index (χ3v) is 11.3. The van der Waals surface area contributed by atoms with Crippen molar-refractivity contribution in [2.24, 2.45) is 0 Å². The van der Waals surface area contributed by atoms with Gasteiger partial charge in [0, 0.05) is 19.3 Å². The van der Waals surface area contributed by atoms with Crippen molar-refractivity contribution >= 4 is 17.9 Å². The lowest BCUT2D eigenvalue weighted by atomic mass is 10.0. The first kappa shape index (κ1) is 62.3. The van der Waals surface area contributed by atoms with E-state index in [1.54, 1.807) is 0 Å². The molecule has 0 aliphatic rings. The first-order valence-electron chi connectivity index (χ1n) is 27.2. The van der Waals surface area contributed by atoms with E-state index in [2.05, 4.69) is 118 Å². The molecule has 0 unspecified atom stereocenters. The molecule has 0 heterocycles. The second kappa shape index (κ2) is 53.9. The van der Waals surface area contributed by atoms with E-state index in [9.17, 15) is 14.4 Å². The van der Waals surface area contributed by atoms with Gasteiger partial charge in [-0.25, -0.2) is 0 Å². The Morgan fingerprint density at radius 2 is 0.591 bits per heavy atom. The van der Waals surface area contributed by atoms with Crippen LogP contribution in [0.25, 0.3) is 0 Å². The predicted molar refractivity (Wildman–Crippen MR) is 284 cm³/mol. The van der Waals surface area contributed by atoms with Crippen LogP contribution in [0.15, 0.2) is 97.2 Å². The monoisotopic (exact) mass is 917 g/mol. The van der Waals surface area contributed by atoms with Gasteiger partial charge in [0.25, 0.3) is 0 Å². The maximum Gasteiger partial charge on any atom is 0.306 e. The summed E-state index contributed by atoms with van der Waals surface area (Å²) in [6, 6.07) is 0. The van der Waals surface area contributed by atoms with Crippen molar-refractivity contribution in [1.82, 2.24) is 0 Å². The fourth-order valence-corrected chi connectivity index (χ4v) is 7.24. The zero-order valence-corrected chi connectivity index (χ0v) is 42.9. The van der Waals surface area contributed by atoms with Crippen LogP contribution in [0.1, 0.15) is 245 Å². The average molecular weight is 917 g/mol. The molecule has 0 spiro atoms. The maximum absolute atomic E-state index is 12.8. The maximum atomic E-state index is 12.8. The van der Waals surface area contributed by atoms with Gasteiger partial charge >= 0.3 is 17.9 Å². The number of unbranched alkanes of at least 4 members (excludes halogenated alkanes) is 21. The zero-order valence-electron chi connectivity index (χ0n) is 42.9. The highest BCUT2D eigenvalue weighted by Crippen LogP contribution is 2.14. The van der Waals surface area contributed by atoms with E-state index in [1.165, 1.54) is 83.5 Å². The molecule has 0 N–H and O–H groups in total. The number of allylic oxidation sites excluding steroid dienone is 16. The van der Waals surface area contributed by atoms with Crippen LogP contribution in [0.4, 0.5) is 0 Å². The molecule has 0 aliphatic carbocycles. The van der Waals surface area contributed by atoms with E-state index in [4.69, 9.17) is 14.2 Å². The van der Waals surface area contributed by atoms with Crippen molar-refractivity contribution in [3.05, 3.63) is 97.2 Å². The molecule has 376 valence electrons. The highest BCUT2D eigenvalue weighted by atomic mass is 16.6. The summed E-state index contributed by atoms with van der Waals surface area (Å²) < 4.78 is 16.8. The quantitative estimate of drug-likeness (QED) is 0.0262. The molecule has 0 saturated heterocycles. The molecule has 0 rings (SSSR count). The summed E-state index contributed by atoms with van der Waals surface area (Å²) in [6.45, 7) is 6.45. The topological polar surface area (TPSA) is 78.9 Å². The van der Waals surface area contributed by atoms with Crippen molar-refractivity contribution < 1.29 is 28.6 Å². The SMILES string of the molecule is CC/C=C\C/C=C\C/C=C\C/C=C\C/C=C\CCCCCC(=O)OC[C@@H](COC(=O)CCCCCCCCCCCCCC)OC(=O)CCCCCC/C=C\C/C=C\C/C=C\CCCCC. The van der Waals surface area contributed by atoms with Crippen LogP contribution < -0.4 is 0 Å². The Labute approximate surface area is 407 Å². The molecular formula is C60H100O6. The van der Waals surface area contributed by atoms with Gasteiger partial charge in [0.2, 0.25) is 0 Å². The first-order chi connectivity index (χ1) is 32.5. The number of carbonyl (C=O) groups is 3. The third-order valence-electron chi connectivity index (χ3n) is 11.3. The van der Waals surface area contributed by atoms with Crippen molar-refractivity contribution in [2.75, 3.05) is 13.2 Å². The highest BCUT2D eigenvalue weighted by molar-refractivity contribution is 5.71. The summed E-state index contributed by atoms with van der Waals surface area (Å²) in [6.07, 6.45) is 71.0. The lowest BCUT2D eigenvalue weighted by Gasteiger charge is -2.18.